The van der Waals surface area contributed by atoms with Crippen molar-refractivity contribution in [3.63, 3.8) is 0 Å². The molecular weight excluding hydrogens is 282 g/mol. The highest BCUT2D eigenvalue weighted by atomic mass is 35.5. The lowest BCUT2D eigenvalue weighted by Gasteiger charge is -2.36. The zero-order chi connectivity index (χ0) is 15.4. The predicted molar refractivity (Wildman–Crippen MR) is 89.5 cm³/mol. The maximum atomic E-state index is 6.39. The Morgan fingerprint density at radius 1 is 1.29 bits per heavy atom. The Bertz CT molecular complexity index is 414. The van der Waals surface area contributed by atoms with E-state index in [0.717, 1.165) is 35.5 Å². The van der Waals surface area contributed by atoms with Crippen LogP contribution in [0.4, 0.5) is 0 Å². The molecule has 1 aliphatic rings. The van der Waals surface area contributed by atoms with Gasteiger partial charge in [-0.2, -0.15) is 5.10 Å². The van der Waals surface area contributed by atoms with E-state index in [-0.39, 0.29) is 0 Å². The standard InChI is InChI=1S/C17H30ClN3/c1-5-10-19-16(17-15(18)11-20-21(17)4)14-8-6-13(7-9-14)12(2)3/h11-14,16,19H,5-10H2,1-4H3. The Balaban J connectivity index is 2.11. The van der Waals surface area contributed by atoms with E-state index < -0.39 is 0 Å². The summed E-state index contributed by atoms with van der Waals surface area (Å²) in [4.78, 5) is 0. The van der Waals surface area contributed by atoms with Crippen molar-refractivity contribution in [2.45, 2.75) is 58.9 Å². The maximum Gasteiger partial charge on any atom is 0.0834 e. The summed E-state index contributed by atoms with van der Waals surface area (Å²) in [5.74, 6) is 2.39. The molecule has 0 bridgehead atoms. The van der Waals surface area contributed by atoms with Crippen molar-refractivity contribution < 1.29 is 0 Å². The fourth-order valence-corrected chi connectivity index (χ4v) is 3.98. The minimum Gasteiger partial charge on any atom is -0.308 e. The zero-order valence-corrected chi connectivity index (χ0v) is 14.7. The lowest BCUT2D eigenvalue weighted by atomic mass is 9.74. The number of hydrogen-bond donors (Lipinski definition) is 1. The average Bonchev–Trinajstić information content (AvgIpc) is 2.80. The molecule has 0 saturated heterocycles. The van der Waals surface area contributed by atoms with E-state index >= 15 is 0 Å². The fraction of sp³-hybridized carbons (Fsp3) is 0.824. The molecule has 1 aromatic heterocycles. The van der Waals surface area contributed by atoms with Crippen LogP contribution >= 0.6 is 11.6 Å². The first-order valence-electron chi connectivity index (χ1n) is 8.45. The lowest BCUT2D eigenvalue weighted by molar-refractivity contribution is 0.185. The highest BCUT2D eigenvalue weighted by Crippen LogP contribution is 2.40. The van der Waals surface area contributed by atoms with Gasteiger partial charge in [0.15, 0.2) is 0 Å². The van der Waals surface area contributed by atoms with Crippen LogP contribution < -0.4 is 5.32 Å². The van der Waals surface area contributed by atoms with Crippen molar-refractivity contribution in [2.24, 2.45) is 24.8 Å². The number of rotatable bonds is 6. The van der Waals surface area contributed by atoms with Crippen molar-refractivity contribution >= 4 is 11.6 Å². The van der Waals surface area contributed by atoms with E-state index in [1.165, 1.54) is 25.7 Å². The van der Waals surface area contributed by atoms with Crippen LogP contribution in [0.5, 0.6) is 0 Å². The number of aryl methyl sites for hydroxylation is 1. The molecule has 0 radical (unpaired) electrons. The van der Waals surface area contributed by atoms with Gasteiger partial charge in [0.2, 0.25) is 0 Å². The number of aromatic nitrogens is 2. The van der Waals surface area contributed by atoms with Crippen molar-refractivity contribution in [1.82, 2.24) is 15.1 Å². The Labute approximate surface area is 134 Å². The van der Waals surface area contributed by atoms with Gasteiger partial charge in [-0.05, 0) is 56.4 Å². The van der Waals surface area contributed by atoms with Gasteiger partial charge in [0.1, 0.15) is 0 Å². The second kappa shape index (κ2) is 7.64. The SMILES string of the molecule is CCCNC(c1c(Cl)cnn1C)C1CCC(C(C)C)CC1. The average molecular weight is 312 g/mol. The first-order valence-corrected chi connectivity index (χ1v) is 8.83. The van der Waals surface area contributed by atoms with Crippen LogP contribution in [0.1, 0.15) is 64.6 Å². The quantitative estimate of drug-likeness (QED) is 0.833. The summed E-state index contributed by atoms with van der Waals surface area (Å²) >= 11 is 6.39. The van der Waals surface area contributed by atoms with Gasteiger partial charge >= 0.3 is 0 Å². The molecule has 1 N–H and O–H groups in total. The molecule has 0 aliphatic heterocycles. The van der Waals surface area contributed by atoms with Crippen molar-refractivity contribution in [1.29, 1.82) is 0 Å². The molecule has 2 rings (SSSR count). The van der Waals surface area contributed by atoms with E-state index in [9.17, 15) is 0 Å². The normalized spacial score (nSPS) is 24.5. The van der Waals surface area contributed by atoms with Gasteiger partial charge in [0.25, 0.3) is 0 Å². The summed E-state index contributed by atoms with van der Waals surface area (Å²) in [5.41, 5.74) is 1.16. The van der Waals surface area contributed by atoms with Crippen molar-refractivity contribution in [2.75, 3.05) is 6.54 Å². The van der Waals surface area contributed by atoms with Crippen molar-refractivity contribution in [3.05, 3.63) is 16.9 Å². The summed E-state index contributed by atoms with van der Waals surface area (Å²) in [6, 6.07) is 0.345. The van der Waals surface area contributed by atoms with Gasteiger partial charge in [-0.25, -0.2) is 0 Å². The van der Waals surface area contributed by atoms with Crippen LogP contribution in [0.3, 0.4) is 0 Å². The Morgan fingerprint density at radius 3 is 2.38 bits per heavy atom. The third-order valence-electron chi connectivity index (χ3n) is 5.08. The lowest BCUT2D eigenvalue weighted by Crippen LogP contribution is -2.33. The zero-order valence-electron chi connectivity index (χ0n) is 13.9. The van der Waals surface area contributed by atoms with Crippen LogP contribution in [-0.2, 0) is 7.05 Å². The highest BCUT2D eigenvalue weighted by Gasteiger charge is 2.31. The van der Waals surface area contributed by atoms with E-state index in [4.69, 9.17) is 11.6 Å². The molecule has 1 atom stereocenters. The fourth-order valence-electron chi connectivity index (χ4n) is 3.70. The maximum absolute atomic E-state index is 6.39. The molecule has 0 aromatic carbocycles. The summed E-state index contributed by atoms with van der Waals surface area (Å²) < 4.78 is 1.95. The van der Waals surface area contributed by atoms with Gasteiger partial charge in [-0.3, -0.25) is 4.68 Å². The second-order valence-electron chi connectivity index (χ2n) is 6.85. The largest absolute Gasteiger partial charge is 0.308 e. The molecule has 21 heavy (non-hydrogen) atoms. The molecule has 120 valence electrons. The minimum atomic E-state index is 0.345. The third kappa shape index (κ3) is 4.01. The smallest absolute Gasteiger partial charge is 0.0834 e. The number of halogens is 1. The van der Waals surface area contributed by atoms with Gasteiger partial charge < -0.3 is 5.32 Å². The summed E-state index contributed by atoms with van der Waals surface area (Å²) in [6.07, 6.45) is 8.21. The first kappa shape index (κ1) is 16.8. The van der Waals surface area contributed by atoms with Gasteiger partial charge in [-0.15, -0.1) is 0 Å². The molecule has 0 spiro atoms. The number of nitrogens with one attached hydrogen (secondary N) is 1. The molecule has 0 amide bonds. The number of hydrogen-bond acceptors (Lipinski definition) is 2. The van der Waals surface area contributed by atoms with Gasteiger partial charge in [0, 0.05) is 7.05 Å². The third-order valence-corrected chi connectivity index (χ3v) is 5.37. The van der Waals surface area contributed by atoms with Crippen LogP contribution in [0, 0.1) is 17.8 Å². The van der Waals surface area contributed by atoms with Crippen LogP contribution in [-0.4, -0.2) is 16.3 Å². The minimum absolute atomic E-state index is 0.345. The summed E-state index contributed by atoms with van der Waals surface area (Å²) in [5, 5.41) is 8.85. The van der Waals surface area contributed by atoms with E-state index in [1.807, 2.05) is 11.7 Å². The van der Waals surface area contributed by atoms with Crippen LogP contribution in [0.2, 0.25) is 5.02 Å². The Hall–Kier alpha value is -0.540. The molecule has 3 nitrogen and oxygen atoms in total. The van der Waals surface area contributed by atoms with Crippen molar-refractivity contribution in [3.8, 4) is 0 Å². The Morgan fingerprint density at radius 2 is 1.90 bits per heavy atom. The molecule has 1 heterocycles. The summed E-state index contributed by atoms with van der Waals surface area (Å²) in [6.45, 7) is 7.96. The van der Waals surface area contributed by atoms with E-state index in [0.29, 0.717) is 12.0 Å². The van der Waals surface area contributed by atoms with E-state index in [1.54, 1.807) is 6.20 Å². The number of nitrogens with zero attached hydrogens (tertiary/aromatic N) is 2. The molecule has 1 aromatic rings. The Kier molecular flexibility index (Phi) is 6.12. The monoisotopic (exact) mass is 311 g/mol. The summed E-state index contributed by atoms with van der Waals surface area (Å²) in [7, 11) is 2.00. The van der Waals surface area contributed by atoms with Gasteiger partial charge in [-0.1, -0.05) is 32.4 Å². The molecule has 1 saturated carbocycles. The molecule has 4 heteroatoms. The molecule has 1 unspecified atom stereocenters. The second-order valence-corrected chi connectivity index (χ2v) is 7.26. The van der Waals surface area contributed by atoms with Crippen LogP contribution in [0.25, 0.3) is 0 Å². The van der Waals surface area contributed by atoms with Gasteiger partial charge in [0.05, 0.1) is 23.0 Å². The topological polar surface area (TPSA) is 29.9 Å². The van der Waals surface area contributed by atoms with E-state index in [2.05, 4.69) is 31.2 Å². The van der Waals surface area contributed by atoms with Crippen LogP contribution in [0.15, 0.2) is 6.20 Å². The highest BCUT2D eigenvalue weighted by molar-refractivity contribution is 6.31. The predicted octanol–water partition coefficient (Wildman–Crippen LogP) is 4.58. The molecule has 1 fully saturated rings. The molecular formula is C17H30ClN3. The first-order chi connectivity index (χ1) is 10.0. The molecule has 1 aliphatic carbocycles.